The Labute approximate surface area is 212 Å². The summed E-state index contributed by atoms with van der Waals surface area (Å²) in [5, 5.41) is 22.1. The number of nitrogens with zero attached hydrogens (tertiary/aromatic N) is 1. The van der Waals surface area contributed by atoms with Crippen LogP contribution < -0.4 is 5.32 Å². The van der Waals surface area contributed by atoms with Crippen molar-refractivity contribution in [2.45, 2.75) is 58.8 Å². The molecule has 13 nitrogen and oxygen atoms in total. The molecule has 0 aliphatic carbocycles. The van der Waals surface area contributed by atoms with Crippen LogP contribution in [-0.4, -0.2) is 123 Å². The highest BCUT2D eigenvalue weighted by Crippen LogP contribution is 2.11. The SMILES string of the molecule is CCOCC(O)COCC(O)CNC(=O)CCC(C(=O)OCC)N(CC(=O)OCC)CC(=O)OCC. The van der Waals surface area contributed by atoms with Crippen LogP contribution in [-0.2, 0) is 42.9 Å². The fourth-order valence-corrected chi connectivity index (χ4v) is 3.00. The summed E-state index contributed by atoms with van der Waals surface area (Å²) in [6.07, 6.45) is -2.04. The molecule has 1 amide bonds. The molecule has 0 heterocycles. The number of esters is 3. The first-order valence-electron chi connectivity index (χ1n) is 12.2. The minimum absolute atomic E-state index is 0.0248. The molecule has 0 rings (SSSR count). The third-order valence-corrected chi connectivity index (χ3v) is 4.59. The lowest BCUT2D eigenvalue weighted by Crippen LogP contribution is -2.48. The van der Waals surface area contributed by atoms with Gasteiger partial charge in [0.05, 0.1) is 58.8 Å². The summed E-state index contributed by atoms with van der Waals surface area (Å²) in [6, 6.07) is -1.08. The fourth-order valence-electron chi connectivity index (χ4n) is 3.00. The van der Waals surface area contributed by atoms with Crippen LogP contribution in [0.1, 0.15) is 40.5 Å². The Bertz CT molecular complexity index is 628. The van der Waals surface area contributed by atoms with Gasteiger partial charge in [0.15, 0.2) is 0 Å². The van der Waals surface area contributed by atoms with E-state index in [2.05, 4.69) is 5.32 Å². The number of nitrogens with one attached hydrogen (secondary N) is 1. The summed E-state index contributed by atoms with van der Waals surface area (Å²) >= 11 is 0. The quantitative estimate of drug-likeness (QED) is 0.124. The smallest absolute Gasteiger partial charge is 0.323 e. The number of aliphatic hydroxyl groups is 2. The molecule has 0 spiro atoms. The minimum Gasteiger partial charge on any atom is -0.465 e. The number of hydrogen-bond acceptors (Lipinski definition) is 12. The van der Waals surface area contributed by atoms with E-state index in [9.17, 15) is 29.4 Å². The van der Waals surface area contributed by atoms with Crippen LogP contribution >= 0.6 is 0 Å². The van der Waals surface area contributed by atoms with Crippen molar-refractivity contribution in [1.82, 2.24) is 10.2 Å². The van der Waals surface area contributed by atoms with Crippen LogP contribution in [0.5, 0.6) is 0 Å². The van der Waals surface area contributed by atoms with Crippen molar-refractivity contribution in [3.63, 3.8) is 0 Å². The molecule has 3 N–H and O–H groups in total. The van der Waals surface area contributed by atoms with Crippen molar-refractivity contribution in [3.8, 4) is 0 Å². The molecule has 0 aliphatic heterocycles. The van der Waals surface area contributed by atoms with E-state index in [1.807, 2.05) is 0 Å². The van der Waals surface area contributed by atoms with Gasteiger partial charge in [-0.05, 0) is 34.1 Å². The highest BCUT2D eigenvalue weighted by molar-refractivity contribution is 5.81. The van der Waals surface area contributed by atoms with Gasteiger partial charge in [-0.2, -0.15) is 0 Å². The molecule has 13 heteroatoms. The van der Waals surface area contributed by atoms with Crippen LogP contribution in [0.4, 0.5) is 0 Å². The maximum atomic E-state index is 12.6. The van der Waals surface area contributed by atoms with E-state index in [1.54, 1.807) is 27.7 Å². The van der Waals surface area contributed by atoms with Gasteiger partial charge < -0.3 is 39.2 Å². The van der Waals surface area contributed by atoms with Gasteiger partial charge in [-0.15, -0.1) is 0 Å². The number of aliphatic hydroxyl groups excluding tert-OH is 2. The molecule has 0 fully saturated rings. The Balaban J connectivity index is 4.91. The molecule has 210 valence electrons. The molecule has 0 aliphatic rings. The van der Waals surface area contributed by atoms with Gasteiger partial charge in [-0.1, -0.05) is 0 Å². The van der Waals surface area contributed by atoms with Gasteiger partial charge in [-0.3, -0.25) is 24.1 Å². The van der Waals surface area contributed by atoms with Crippen molar-refractivity contribution < 1.29 is 53.1 Å². The predicted octanol–water partition coefficient (Wildman–Crippen LogP) is -0.982. The number of amides is 1. The average molecular weight is 523 g/mol. The van der Waals surface area contributed by atoms with Crippen molar-refractivity contribution in [1.29, 1.82) is 0 Å². The Kier molecular flexibility index (Phi) is 19.5. The first-order chi connectivity index (χ1) is 17.2. The summed E-state index contributed by atoms with van der Waals surface area (Å²) in [7, 11) is 0. The van der Waals surface area contributed by atoms with Crippen molar-refractivity contribution in [3.05, 3.63) is 0 Å². The highest BCUT2D eigenvalue weighted by Gasteiger charge is 2.31. The number of ether oxygens (including phenoxy) is 5. The molecule has 0 aromatic heterocycles. The molecule has 0 bridgehead atoms. The van der Waals surface area contributed by atoms with Gasteiger partial charge in [0.1, 0.15) is 12.1 Å². The van der Waals surface area contributed by atoms with E-state index in [-0.39, 0.29) is 72.1 Å². The number of carbonyl (C=O) groups is 4. The number of carbonyl (C=O) groups excluding carboxylic acids is 4. The zero-order valence-electron chi connectivity index (χ0n) is 21.7. The fraction of sp³-hybridized carbons (Fsp3) is 0.826. The molecule has 0 aromatic carbocycles. The monoisotopic (exact) mass is 522 g/mol. The average Bonchev–Trinajstić information content (AvgIpc) is 2.81. The van der Waals surface area contributed by atoms with Gasteiger partial charge in [0.25, 0.3) is 0 Å². The first-order valence-corrected chi connectivity index (χ1v) is 12.2. The summed E-state index contributed by atoms with van der Waals surface area (Å²) in [4.78, 5) is 50.3. The van der Waals surface area contributed by atoms with Crippen LogP contribution in [0.25, 0.3) is 0 Å². The number of hydrogen-bond donors (Lipinski definition) is 3. The standard InChI is InChI=1S/C23H42N2O11/c1-5-32-15-18(27)16-33-14-17(26)11-24-20(28)10-9-19(23(31)36-8-4)25(12-21(29)34-6-2)13-22(30)35-7-3/h17-19,26-27H,5-16H2,1-4H3,(H,24,28). The maximum absolute atomic E-state index is 12.6. The lowest BCUT2D eigenvalue weighted by molar-refractivity contribution is -0.156. The summed E-state index contributed by atoms with van der Waals surface area (Å²) in [5.74, 6) is -2.45. The molecule has 0 saturated heterocycles. The van der Waals surface area contributed by atoms with Crippen LogP contribution in [0, 0.1) is 0 Å². The van der Waals surface area contributed by atoms with Crippen LogP contribution in [0.3, 0.4) is 0 Å². The zero-order valence-corrected chi connectivity index (χ0v) is 21.7. The van der Waals surface area contributed by atoms with Crippen molar-refractivity contribution in [2.24, 2.45) is 0 Å². The topological polar surface area (TPSA) is 170 Å². The predicted molar refractivity (Wildman–Crippen MR) is 127 cm³/mol. The van der Waals surface area contributed by atoms with Gasteiger partial charge >= 0.3 is 17.9 Å². The van der Waals surface area contributed by atoms with Gasteiger partial charge in [-0.25, -0.2) is 0 Å². The van der Waals surface area contributed by atoms with Crippen molar-refractivity contribution in [2.75, 3.05) is 65.9 Å². The molecule has 0 aromatic rings. The second-order valence-electron chi connectivity index (χ2n) is 7.63. The molecule has 3 atom stereocenters. The van der Waals surface area contributed by atoms with E-state index in [1.165, 1.54) is 4.90 Å². The second-order valence-corrected chi connectivity index (χ2v) is 7.63. The molecule has 36 heavy (non-hydrogen) atoms. The van der Waals surface area contributed by atoms with Gasteiger partial charge in [0.2, 0.25) is 5.91 Å². The van der Waals surface area contributed by atoms with E-state index in [0.717, 1.165) is 0 Å². The van der Waals surface area contributed by atoms with Crippen molar-refractivity contribution >= 4 is 23.8 Å². The van der Waals surface area contributed by atoms with Gasteiger partial charge in [0, 0.05) is 19.6 Å². The maximum Gasteiger partial charge on any atom is 0.323 e. The largest absolute Gasteiger partial charge is 0.465 e. The molecule has 0 saturated carbocycles. The lowest BCUT2D eigenvalue weighted by atomic mass is 10.1. The normalized spacial score (nSPS) is 13.5. The molecular formula is C23H42N2O11. The molecular weight excluding hydrogens is 480 g/mol. The zero-order chi connectivity index (χ0) is 27.3. The molecule has 0 radical (unpaired) electrons. The Morgan fingerprint density at radius 3 is 1.81 bits per heavy atom. The minimum atomic E-state index is -1.08. The van der Waals surface area contributed by atoms with E-state index in [0.29, 0.717) is 6.61 Å². The van der Waals surface area contributed by atoms with E-state index < -0.39 is 42.1 Å². The van der Waals surface area contributed by atoms with Crippen LogP contribution in [0.2, 0.25) is 0 Å². The second kappa shape index (κ2) is 20.8. The lowest BCUT2D eigenvalue weighted by Gasteiger charge is -2.28. The summed E-state index contributed by atoms with van der Waals surface area (Å²) in [6.45, 7) is 6.57. The summed E-state index contributed by atoms with van der Waals surface area (Å²) in [5.41, 5.74) is 0. The van der Waals surface area contributed by atoms with E-state index >= 15 is 0 Å². The van der Waals surface area contributed by atoms with E-state index in [4.69, 9.17) is 23.7 Å². The third-order valence-electron chi connectivity index (χ3n) is 4.59. The highest BCUT2D eigenvalue weighted by atomic mass is 16.5. The Morgan fingerprint density at radius 2 is 1.28 bits per heavy atom. The summed E-state index contributed by atoms with van der Waals surface area (Å²) < 4.78 is 25.2. The number of rotatable bonds is 21. The first kappa shape index (κ1) is 33.7. The van der Waals surface area contributed by atoms with Crippen LogP contribution in [0.15, 0.2) is 0 Å². The molecule has 3 unspecified atom stereocenters. The Morgan fingerprint density at radius 1 is 0.750 bits per heavy atom. The third kappa shape index (κ3) is 16.4. The Hall–Kier alpha value is -2.32.